The summed E-state index contributed by atoms with van der Waals surface area (Å²) in [5.74, 6) is -0.268. The highest BCUT2D eigenvalue weighted by molar-refractivity contribution is 5.38. The van der Waals surface area contributed by atoms with E-state index in [0.717, 1.165) is 24.0 Å². The standard InChI is InChI=1S/C15H16F3N3O/c1-22-13-8-21(20-14(13)15(16,17)18)7-9-2-4-11-10(6-9)3-5-12(11)19/h2,4,6,8,12H,3,5,7,19H2,1H3. The van der Waals surface area contributed by atoms with Gasteiger partial charge >= 0.3 is 6.18 Å². The molecule has 1 aromatic heterocycles. The van der Waals surface area contributed by atoms with Crippen molar-refractivity contribution in [1.29, 1.82) is 0 Å². The van der Waals surface area contributed by atoms with Crippen molar-refractivity contribution in [3.05, 3.63) is 46.8 Å². The molecule has 0 fully saturated rings. The average Bonchev–Trinajstić information content (AvgIpc) is 3.03. The number of aryl methyl sites for hydroxylation is 1. The average molecular weight is 311 g/mol. The molecule has 0 aliphatic heterocycles. The minimum atomic E-state index is -4.53. The van der Waals surface area contributed by atoms with Gasteiger partial charge in [-0.25, -0.2) is 0 Å². The zero-order chi connectivity index (χ0) is 15.9. The molecule has 7 heteroatoms. The summed E-state index contributed by atoms with van der Waals surface area (Å²) in [7, 11) is 1.20. The zero-order valence-corrected chi connectivity index (χ0v) is 12.0. The lowest BCUT2D eigenvalue weighted by Gasteiger charge is -2.07. The minimum absolute atomic E-state index is 0.0608. The van der Waals surface area contributed by atoms with Crippen molar-refractivity contribution >= 4 is 0 Å². The van der Waals surface area contributed by atoms with E-state index in [9.17, 15) is 13.2 Å². The second-order valence-electron chi connectivity index (χ2n) is 5.42. The quantitative estimate of drug-likeness (QED) is 0.948. The predicted octanol–water partition coefficient (Wildman–Crippen LogP) is 2.90. The lowest BCUT2D eigenvalue weighted by Crippen LogP contribution is -2.09. The number of alkyl halides is 3. The maximum Gasteiger partial charge on any atom is 0.438 e. The summed E-state index contributed by atoms with van der Waals surface area (Å²) in [6, 6.07) is 5.88. The molecule has 22 heavy (non-hydrogen) atoms. The molecule has 0 radical (unpaired) electrons. The summed E-state index contributed by atoms with van der Waals surface area (Å²) in [4.78, 5) is 0. The summed E-state index contributed by atoms with van der Waals surface area (Å²) in [6.07, 6.45) is -1.45. The first-order valence-corrected chi connectivity index (χ1v) is 6.94. The maximum absolute atomic E-state index is 12.8. The lowest BCUT2D eigenvalue weighted by molar-refractivity contribution is -0.142. The van der Waals surface area contributed by atoms with Gasteiger partial charge in [-0.2, -0.15) is 18.3 Å². The van der Waals surface area contributed by atoms with E-state index in [1.165, 1.54) is 23.6 Å². The number of aromatic nitrogens is 2. The predicted molar refractivity (Wildman–Crippen MR) is 74.6 cm³/mol. The molecule has 1 aromatic carbocycles. The third kappa shape index (κ3) is 2.68. The number of rotatable bonds is 3. The Morgan fingerprint density at radius 2 is 2.18 bits per heavy atom. The van der Waals surface area contributed by atoms with Crippen LogP contribution in [0.25, 0.3) is 0 Å². The Labute approximate surface area is 125 Å². The van der Waals surface area contributed by atoms with E-state index < -0.39 is 11.9 Å². The smallest absolute Gasteiger partial charge is 0.438 e. The minimum Gasteiger partial charge on any atom is -0.493 e. The van der Waals surface area contributed by atoms with Gasteiger partial charge in [0.2, 0.25) is 5.69 Å². The number of hydrogen-bond acceptors (Lipinski definition) is 3. The molecule has 2 N–H and O–H groups in total. The zero-order valence-electron chi connectivity index (χ0n) is 12.0. The first-order chi connectivity index (χ1) is 10.4. The van der Waals surface area contributed by atoms with Crippen LogP contribution >= 0.6 is 0 Å². The molecule has 0 bridgehead atoms. The van der Waals surface area contributed by atoms with E-state index in [1.54, 1.807) is 0 Å². The Morgan fingerprint density at radius 1 is 1.41 bits per heavy atom. The topological polar surface area (TPSA) is 53.1 Å². The number of methoxy groups -OCH3 is 1. The lowest BCUT2D eigenvalue weighted by atomic mass is 10.1. The number of ether oxygens (including phenoxy) is 1. The Kier molecular flexibility index (Phi) is 3.60. The van der Waals surface area contributed by atoms with Crippen LogP contribution in [0.2, 0.25) is 0 Å². The van der Waals surface area contributed by atoms with Gasteiger partial charge < -0.3 is 10.5 Å². The van der Waals surface area contributed by atoms with Gasteiger partial charge in [-0.3, -0.25) is 4.68 Å². The third-order valence-corrected chi connectivity index (χ3v) is 3.89. The molecule has 1 heterocycles. The fraction of sp³-hybridized carbons (Fsp3) is 0.400. The Balaban J connectivity index is 1.86. The van der Waals surface area contributed by atoms with Crippen LogP contribution in [0.4, 0.5) is 13.2 Å². The maximum atomic E-state index is 12.8. The number of fused-ring (bicyclic) bond motifs is 1. The van der Waals surface area contributed by atoms with Gasteiger partial charge in [0.1, 0.15) is 0 Å². The molecule has 1 aliphatic carbocycles. The van der Waals surface area contributed by atoms with Crippen molar-refractivity contribution in [3.63, 3.8) is 0 Å². The summed E-state index contributed by atoms with van der Waals surface area (Å²) in [5, 5.41) is 3.60. The normalized spacial score (nSPS) is 17.6. The third-order valence-electron chi connectivity index (χ3n) is 3.89. The number of halogens is 3. The van der Waals surface area contributed by atoms with Crippen LogP contribution < -0.4 is 10.5 Å². The Hall–Kier alpha value is -2.02. The van der Waals surface area contributed by atoms with Crippen molar-refractivity contribution in [2.24, 2.45) is 5.73 Å². The van der Waals surface area contributed by atoms with Crippen LogP contribution in [0.5, 0.6) is 5.75 Å². The fourth-order valence-electron chi connectivity index (χ4n) is 2.82. The molecule has 0 saturated carbocycles. The summed E-state index contributed by atoms with van der Waals surface area (Å²) >= 11 is 0. The number of nitrogens with zero attached hydrogens (tertiary/aromatic N) is 2. The second kappa shape index (κ2) is 5.31. The molecule has 0 spiro atoms. The summed E-state index contributed by atoms with van der Waals surface area (Å²) < 4.78 is 44.5. The Morgan fingerprint density at radius 3 is 2.82 bits per heavy atom. The van der Waals surface area contributed by atoms with Gasteiger partial charge in [0.25, 0.3) is 0 Å². The molecule has 1 atom stereocenters. The van der Waals surface area contributed by atoms with Crippen LogP contribution in [-0.2, 0) is 19.1 Å². The molecule has 4 nitrogen and oxygen atoms in total. The van der Waals surface area contributed by atoms with Crippen LogP contribution in [0, 0.1) is 0 Å². The molecular formula is C15H16F3N3O. The number of nitrogens with two attached hydrogens (primary N) is 1. The van der Waals surface area contributed by atoms with Crippen LogP contribution in [0.3, 0.4) is 0 Å². The van der Waals surface area contributed by atoms with Crippen LogP contribution in [0.15, 0.2) is 24.4 Å². The van der Waals surface area contributed by atoms with E-state index in [2.05, 4.69) is 5.10 Å². The molecule has 2 aromatic rings. The highest BCUT2D eigenvalue weighted by Gasteiger charge is 2.38. The van der Waals surface area contributed by atoms with E-state index in [4.69, 9.17) is 10.5 Å². The number of hydrogen-bond donors (Lipinski definition) is 1. The number of benzene rings is 1. The molecular weight excluding hydrogens is 295 g/mol. The van der Waals surface area contributed by atoms with Crippen molar-refractivity contribution in [2.45, 2.75) is 31.6 Å². The monoisotopic (exact) mass is 311 g/mol. The van der Waals surface area contributed by atoms with Crippen molar-refractivity contribution < 1.29 is 17.9 Å². The van der Waals surface area contributed by atoms with E-state index in [-0.39, 0.29) is 18.3 Å². The Bertz CT molecular complexity index is 694. The van der Waals surface area contributed by atoms with Crippen molar-refractivity contribution in [2.75, 3.05) is 7.11 Å². The summed E-state index contributed by atoms with van der Waals surface area (Å²) in [5.41, 5.74) is 8.16. The second-order valence-corrected chi connectivity index (χ2v) is 5.42. The van der Waals surface area contributed by atoms with E-state index in [1.807, 2.05) is 18.2 Å². The fourth-order valence-corrected chi connectivity index (χ4v) is 2.82. The van der Waals surface area contributed by atoms with Gasteiger partial charge in [0.05, 0.1) is 19.9 Å². The first-order valence-electron chi connectivity index (χ1n) is 6.94. The van der Waals surface area contributed by atoms with E-state index >= 15 is 0 Å². The highest BCUT2D eigenvalue weighted by atomic mass is 19.4. The van der Waals surface area contributed by atoms with Gasteiger partial charge in [0, 0.05) is 6.04 Å². The van der Waals surface area contributed by atoms with Gasteiger partial charge in [0.15, 0.2) is 5.75 Å². The van der Waals surface area contributed by atoms with Gasteiger partial charge in [-0.15, -0.1) is 0 Å². The molecule has 3 rings (SSSR count). The molecule has 0 amide bonds. The highest BCUT2D eigenvalue weighted by Crippen LogP contribution is 2.35. The first kappa shape index (κ1) is 14.9. The van der Waals surface area contributed by atoms with Crippen LogP contribution in [0.1, 0.15) is 34.8 Å². The van der Waals surface area contributed by atoms with Crippen molar-refractivity contribution in [1.82, 2.24) is 9.78 Å². The SMILES string of the molecule is COc1cn(Cc2ccc3c(c2)CCC3N)nc1C(F)(F)F. The molecule has 1 aliphatic rings. The molecule has 1 unspecified atom stereocenters. The summed E-state index contributed by atoms with van der Waals surface area (Å²) in [6.45, 7) is 0.259. The molecule has 0 saturated heterocycles. The van der Waals surface area contributed by atoms with Crippen LogP contribution in [-0.4, -0.2) is 16.9 Å². The van der Waals surface area contributed by atoms with E-state index in [0.29, 0.717) is 0 Å². The van der Waals surface area contributed by atoms with Crippen molar-refractivity contribution in [3.8, 4) is 5.75 Å². The van der Waals surface area contributed by atoms with Gasteiger partial charge in [-0.05, 0) is 29.5 Å². The van der Waals surface area contributed by atoms with Gasteiger partial charge in [-0.1, -0.05) is 18.2 Å². The molecule has 118 valence electrons. The largest absolute Gasteiger partial charge is 0.493 e.